The molecule has 1 aliphatic heterocycles. The van der Waals surface area contributed by atoms with Gasteiger partial charge in [-0.1, -0.05) is 35.5 Å². The first kappa shape index (κ1) is 28.9. The molecule has 0 saturated carbocycles. The van der Waals surface area contributed by atoms with Crippen molar-refractivity contribution in [2.24, 2.45) is 0 Å². The van der Waals surface area contributed by atoms with Crippen molar-refractivity contribution < 1.29 is 27.2 Å². The maximum atomic E-state index is 13.4. The first-order valence-electron chi connectivity index (χ1n) is 11.8. The summed E-state index contributed by atoms with van der Waals surface area (Å²) in [6.45, 7) is 3.37. The summed E-state index contributed by atoms with van der Waals surface area (Å²) < 4.78 is 45.1. The Hall–Kier alpha value is -4.14. The Morgan fingerprint density at radius 1 is 1.12 bits per heavy atom. The van der Waals surface area contributed by atoms with E-state index >= 15 is 0 Å². The number of thioether (sulfide) groups is 1. The minimum Gasteiger partial charge on any atom is -0.468 e. The molecule has 3 N–H and O–H groups in total. The topological polar surface area (TPSA) is 107 Å². The average molecular weight is 587 g/mol. The van der Waals surface area contributed by atoms with Gasteiger partial charge in [-0.15, -0.1) is 0 Å². The first-order chi connectivity index (χ1) is 19.0. The number of carbonyl (C=O) groups excluding carboxylic acids is 2. The molecule has 2 heterocycles. The van der Waals surface area contributed by atoms with Gasteiger partial charge in [-0.2, -0.15) is 18.4 Å². The van der Waals surface area contributed by atoms with Gasteiger partial charge in [-0.25, -0.2) is 0 Å². The van der Waals surface area contributed by atoms with Gasteiger partial charge in [0.15, 0.2) is 0 Å². The highest BCUT2D eigenvalue weighted by Gasteiger charge is 2.37. The summed E-state index contributed by atoms with van der Waals surface area (Å²) in [5.74, 6) is -1.80. The largest absolute Gasteiger partial charge is 0.468 e. The molecule has 3 aromatic rings. The molecule has 4 rings (SSSR count). The van der Waals surface area contributed by atoms with Gasteiger partial charge in [0, 0.05) is 22.1 Å². The second-order valence-electron chi connectivity index (χ2n) is 8.75. The molecular weight excluding hydrogens is 565 g/mol. The maximum Gasteiger partial charge on any atom is 0.416 e. The molecule has 206 valence electrons. The van der Waals surface area contributed by atoms with Crippen LogP contribution in [-0.2, 0) is 15.8 Å². The van der Waals surface area contributed by atoms with E-state index in [4.69, 9.17) is 16.0 Å². The highest BCUT2D eigenvalue weighted by atomic mass is 35.5. The maximum absolute atomic E-state index is 13.4. The number of hydrogen-bond donors (Lipinski definition) is 3. The number of furan rings is 1. The van der Waals surface area contributed by atoms with Crippen molar-refractivity contribution in [1.82, 2.24) is 5.32 Å². The fourth-order valence-corrected chi connectivity index (χ4v) is 5.17. The number of anilines is 2. The standard InChI is InChI=1S/C28H22ClF3N4O3S/c1-15-20(29)8-4-9-21(15)36-23(37)14-40-27-19(13-33)25(22-10-5-11-39-22)24(16(2)34-27)26(38)35-18-7-3-6-17(12-18)28(30,31)32/h3-12,25,34H,14H2,1-2H3,(H,35,38)(H,36,37)/t25-/m1/s1. The highest BCUT2D eigenvalue weighted by Crippen LogP contribution is 2.41. The SMILES string of the molecule is CC1=C(C(=O)Nc2cccc(C(F)(F)F)c2)[C@@H](c2ccco2)C(C#N)=C(SCC(=O)Nc2cccc(Cl)c2C)N1. The summed E-state index contributed by atoms with van der Waals surface area (Å²) in [6, 6.07) is 14.7. The van der Waals surface area contributed by atoms with Crippen molar-refractivity contribution in [2.45, 2.75) is 25.9 Å². The van der Waals surface area contributed by atoms with Gasteiger partial charge in [0.05, 0.1) is 45.7 Å². The Bertz CT molecular complexity index is 1560. The molecule has 0 spiro atoms. The van der Waals surface area contributed by atoms with Crippen LogP contribution in [0.4, 0.5) is 24.5 Å². The third kappa shape index (κ3) is 6.35. The van der Waals surface area contributed by atoms with Gasteiger partial charge in [0.1, 0.15) is 5.76 Å². The quantitative estimate of drug-likeness (QED) is 0.276. The van der Waals surface area contributed by atoms with Crippen LogP contribution in [-0.4, -0.2) is 17.6 Å². The van der Waals surface area contributed by atoms with Gasteiger partial charge >= 0.3 is 6.18 Å². The number of benzene rings is 2. The van der Waals surface area contributed by atoms with Gasteiger partial charge in [-0.3, -0.25) is 9.59 Å². The van der Waals surface area contributed by atoms with Crippen LogP contribution < -0.4 is 16.0 Å². The van der Waals surface area contributed by atoms with E-state index in [1.807, 2.05) is 0 Å². The van der Waals surface area contributed by atoms with Crippen molar-refractivity contribution in [3.63, 3.8) is 0 Å². The Balaban J connectivity index is 1.59. The summed E-state index contributed by atoms with van der Waals surface area (Å²) >= 11 is 7.19. The number of alkyl halides is 3. The number of nitrogens with one attached hydrogen (secondary N) is 3. The number of carbonyl (C=O) groups is 2. The van der Waals surface area contributed by atoms with Crippen LogP contribution in [0, 0.1) is 18.3 Å². The van der Waals surface area contributed by atoms with Crippen LogP contribution in [0.25, 0.3) is 0 Å². The minimum atomic E-state index is -4.58. The zero-order chi connectivity index (χ0) is 29.0. The molecule has 0 radical (unpaired) electrons. The lowest BCUT2D eigenvalue weighted by Gasteiger charge is -2.28. The Morgan fingerprint density at radius 3 is 2.55 bits per heavy atom. The Kier molecular flexibility index (Phi) is 8.61. The van der Waals surface area contributed by atoms with Crippen LogP contribution in [0.3, 0.4) is 0 Å². The zero-order valence-corrected chi connectivity index (χ0v) is 22.7. The van der Waals surface area contributed by atoms with Crippen LogP contribution in [0.5, 0.6) is 0 Å². The number of amides is 2. The summed E-state index contributed by atoms with van der Waals surface area (Å²) in [5.41, 5.74) is 0.847. The molecule has 12 heteroatoms. The molecule has 7 nitrogen and oxygen atoms in total. The molecule has 0 fully saturated rings. The van der Waals surface area contributed by atoms with E-state index in [-0.39, 0.29) is 34.3 Å². The normalized spacial score (nSPS) is 15.4. The first-order valence-corrected chi connectivity index (χ1v) is 13.2. The lowest BCUT2D eigenvalue weighted by Crippen LogP contribution is -2.31. The smallest absolute Gasteiger partial charge is 0.416 e. The molecule has 1 aliphatic rings. The number of nitrogens with zero attached hydrogens (tertiary/aromatic N) is 1. The average Bonchev–Trinajstić information content (AvgIpc) is 3.44. The monoisotopic (exact) mass is 586 g/mol. The van der Waals surface area contributed by atoms with Gasteiger partial charge in [0.2, 0.25) is 5.91 Å². The summed E-state index contributed by atoms with van der Waals surface area (Å²) in [6.07, 6.45) is -3.20. The molecule has 0 aliphatic carbocycles. The van der Waals surface area contributed by atoms with Gasteiger partial charge in [-0.05, 0) is 61.9 Å². The van der Waals surface area contributed by atoms with Crippen molar-refractivity contribution in [1.29, 1.82) is 5.26 Å². The van der Waals surface area contributed by atoms with Gasteiger partial charge in [0.25, 0.3) is 5.91 Å². The summed E-state index contributed by atoms with van der Waals surface area (Å²) in [7, 11) is 0. The minimum absolute atomic E-state index is 0.0611. The Morgan fingerprint density at radius 2 is 1.88 bits per heavy atom. The summed E-state index contributed by atoms with van der Waals surface area (Å²) in [4.78, 5) is 26.1. The molecule has 1 aromatic heterocycles. The van der Waals surface area contributed by atoms with E-state index in [9.17, 15) is 28.0 Å². The van der Waals surface area contributed by atoms with E-state index in [2.05, 4.69) is 22.0 Å². The Labute approximate surface area is 237 Å². The number of halogens is 4. The lowest BCUT2D eigenvalue weighted by molar-refractivity contribution is -0.137. The van der Waals surface area contributed by atoms with Crippen LogP contribution >= 0.6 is 23.4 Å². The molecule has 1 atom stereocenters. The van der Waals surface area contributed by atoms with E-state index in [1.165, 1.54) is 18.4 Å². The fourth-order valence-electron chi connectivity index (χ4n) is 4.11. The van der Waals surface area contributed by atoms with Crippen molar-refractivity contribution >= 4 is 46.6 Å². The number of hydrogen-bond acceptors (Lipinski definition) is 6. The lowest BCUT2D eigenvalue weighted by atomic mass is 9.85. The predicted octanol–water partition coefficient (Wildman–Crippen LogP) is 6.97. The van der Waals surface area contributed by atoms with Crippen LogP contribution in [0.1, 0.15) is 29.7 Å². The number of dihydropyridines is 1. The van der Waals surface area contributed by atoms with Crippen LogP contribution in [0.2, 0.25) is 5.02 Å². The third-order valence-electron chi connectivity index (χ3n) is 6.06. The summed E-state index contributed by atoms with van der Waals surface area (Å²) in [5, 5.41) is 19.3. The molecule has 2 amide bonds. The molecule has 40 heavy (non-hydrogen) atoms. The van der Waals surface area contributed by atoms with Crippen molar-refractivity contribution in [3.8, 4) is 6.07 Å². The molecule has 0 unspecified atom stereocenters. The molecule has 0 bridgehead atoms. The van der Waals surface area contributed by atoms with E-state index < -0.39 is 23.6 Å². The number of allylic oxidation sites excluding steroid dienone is 2. The third-order valence-corrected chi connectivity index (χ3v) is 7.48. The van der Waals surface area contributed by atoms with E-state index in [0.717, 1.165) is 23.9 Å². The second kappa shape index (κ2) is 11.9. The number of nitriles is 1. The molecule has 2 aromatic carbocycles. The zero-order valence-electron chi connectivity index (χ0n) is 21.2. The molecular formula is C28H22ClF3N4O3S. The van der Waals surface area contributed by atoms with Crippen molar-refractivity contribution in [3.05, 3.63) is 105 Å². The fraction of sp³-hybridized carbons (Fsp3) is 0.179. The predicted molar refractivity (Wildman–Crippen MR) is 147 cm³/mol. The van der Waals surface area contributed by atoms with Gasteiger partial charge < -0.3 is 20.4 Å². The number of rotatable bonds is 7. The highest BCUT2D eigenvalue weighted by molar-refractivity contribution is 8.03. The van der Waals surface area contributed by atoms with Crippen LogP contribution in [0.15, 0.2) is 87.1 Å². The van der Waals surface area contributed by atoms with E-state index in [1.54, 1.807) is 44.2 Å². The van der Waals surface area contributed by atoms with E-state index in [0.29, 0.717) is 27.0 Å². The second-order valence-corrected chi connectivity index (χ2v) is 10.1. The molecule has 0 saturated heterocycles. The van der Waals surface area contributed by atoms with Crippen molar-refractivity contribution in [2.75, 3.05) is 16.4 Å².